The first-order valence-electron chi connectivity index (χ1n) is 8.25. The molecule has 0 spiro atoms. The van der Waals surface area contributed by atoms with Crippen molar-refractivity contribution in [3.05, 3.63) is 60.2 Å². The highest BCUT2D eigenvalue weighted by Crippen LogP contribution is 2.15. The predicted octanol–water partition coefficient (Wildman–Crippen LogP) is 2.03. The molecule has 2 aromatic rings. The van der Waals surface area contributed by atoms with E-state index in [1.54, 1.807) is 30.3 Å². The van der Waals surface area contributed by atoms with Crippen molar-refractivity contribution < 1.29 is 32.6 Å². The van der Waals surface area contributed by atoms with Gasteiger partial charge < -0.3 is 20.1 Å². The molecule has 2 rings (SSSR count). The first-order chi connectivity index (χ1) is 13.3. The Labute approximate surface area is 159 Å². The summed E-state index contributed by atoms with van der Waals surface area (Å²) < 4.78 is 36.4. The van der Waals surface area contributed by atoms with Crippen molar-refractivity contribution in [1.29, 1.82) is 0 Å². The van der Waals surface area contributed by atoms with E-state index < -0.39 is 42.1 Å². The lowest BCUT2D eigenvalue weighted by Gasteiger charge is -2.14. The van der Waals surface area contributed by atoms with Gasteiger partial charge in [-0.05, 0) is 31.2 Å². The fourth-order valence-corrected chi connectivity index (χ4v) is 2.00. The van der Waals surface area contributed by atoms with Gasteiger partial charge in [-0.25, -0.2) is 8.78 Å². The van der Waals surface area contributed by atoms with E-state index in [9.17, 15) is 23.2 Å². The monoisotopic (exact) mass is 392 g/mol. The van der Waals surface area contributed by atoms with Crippen LogP contribution in [0.2, 0.25) is 0 Å². The number of halogens is 2. The van der Waals surface area contributed by atoms with Gasteiger partial charge >= 0.3 is 5.97 Å². The Balaban J connectivity index is 1.72. The van der Waals surface area contributed by atoms with E-state index in [0.717, 1.165) is 12.1 Å². The van der Waals surface area contributed by atoms with Crippen LogP contribution in [0.4, 0.5) is 14.5 Å². The normalized spacial score (nSPS) is 11.2. The SMILES string of the molecule is CC(OC(=O)CNC(=O)COc1ccccc1)C(=O)Nc1ccc(F)cc1F. The van der Waals surface area contributed by atoms with Gasteiger partial charge in [0.1, 0.15) is 23.9 Å². The average Bonchev–Trinajstić information content (AvgIpc) is 2.67. The van der Waals surface area contributed by atoms with Crippen molar-refractivity contribution in [3.63, 3.8) is 0 Å². The Morgan fingerprint density at radius 1 is 1.07 bits per heavy atom. The molecule has 28 heavy (non-hydrogen) atoms. The molecular formula is C19H18F2N2O5. The molecule has 0 fully saturated rings. The standard InChI is InChI=1S/C19H18F2N2O5/c1-12(19(26)23-16-8-7-13(20)9-15(16)21)28-18(25)10-22-17(24)11-27-14-5-3-2-4-6-14/h2-9,12H,10-11H2,1H3,(H,22,24)(H,23,26). The molecule has 0 radical (unpaired) electrons. The average molecular weight is 392 g/mol. The largest absolute Gasteiger partial charge is 0.484 e. The lowest BCUT2D eigenvalue weighted by molar-refractivity contribution is -0.152. The molecule has 1 atom stereocenters. The summed E-state index contributed by atoms with van der Waals surface area (Å²) in [5, 5.41) is 4.47. The number of nitrogens with one attached hydrogen (secondary N) is 2. The summed E-state index contributed by atoms with van der Waals surface area (Å²) in [6.45, 7) is 0.506. The molecule has 2 N–H and O–H groups in total. The zero-order chi connectivity index (χ0) is 20.5. The van der Waals surface area contributed by atoms with Crippen LogP contribution in [0, 0.1) is 11.6 Å². The molecule has 0 bridgehead atoms. The van der Waals surface area contributed by atoms with E-state index >= 15 is 0 Å². The van der Waals surface area contributed by atoms with Crippen LogP contribution in [0.15, 0.2) is 48.5 Å². The topological polar surface area (TPSA) is 93.7 Å². The van der Waals surface area contributed by atoms with E-state index in [4.69, 9.17) is 9.47 Å². The maximum Gasteiger partial charge on any atom is 0.326 e. The number of para-hydroxylation sites is 1. The Kier molecular flexibility index (Phi) is 7.44. The van der Waals surface area contributed by atoms with Gasteiger partial charge in [0.05, 0.1) is 5.69 Å². The van der Waals surface area contributed by atoms with Gasteiger partial charge in [-0.1, -0.05) is 18.2 Å². The van der Waals surface area contributed by atoms with Gasteiger partial charge in [-0.15, -0.1) is 0 Å². The minimum atomic E-state index is -1.26. The Hall–Kier alpha value is -3.49. The highest BCUT2D eigenvalue weighted by atomic mass is 19.1. The van der Waals surface area contributed by atoms with Crippen molar-refractivity contribution in [1.82, 2.24) is 5.32 Å². The van der Waals surface area contributed by atoms with E-state index in [0.29, 0.717) is 11.8 Å². The molecule has 9 heteroatoms. The van der Waals surface area contributed by atoms with Crippen molar-refractivity contribution in [2.75, 3.05) is 18.5 Å². The molecule has 2 amide bonds. The summed E-state index contributed by atoms with van der Waals surface area (Å²) in [5.41, 5.74) is -0.249. The zero-order valence-corrected chi connectivity index (χ0v) is 14.9. The Morgan fingerprint density at radius 3 is 2.46 bits per heavy atom. The van der Waals surface area contributed by atoms with Crippen LogP contribution in [0.3, 0.4) is 0 Å². The predicted molar refractivity (Wildman–Crippen MR) is 95.5 cm³/mol. The second kappa shape index (κ2) is 10.0. The molecule has 0 aliphatic rings. The molecule has 0 saturated carbocycles. The number of amides is 2. The summed E-state index contributed by atoms with van der Waals surface area (Å²) >= 11 is 0. The smallest absolute Gasteiger partial charge is 0.326 e. The zero-order valence-electron chi connectivity index (χ0n) is 14.9. The highest BCUT2D eigenvalue weighted by Gasteiger charge is 2.19. The van der Waals surface area contributed by atoms with Crippen LogP contribution in [0.5, 0.6) is 5.75 Å². The second-order valence-electron chi connectivity index (χ2n) is 5.62. The van der Waals surface area contributed by atoms with E-state index in [1.807, 2.05) is 0 Å². The molecular weight excluding hydrogens is 374 g/mol. The van der Waals surface area contributed by atoms with E-state index in [2.05, 4.69) is 10.6 Å². The molecule has 0 saturated heterocycles. The van der Waals surface area contributed by atoms with Crippen LogP contribution in [0.1, 0.15) is 6.92 Å². The third-order valence-electron chi connectivity index (χ3n) is 3.41. The van der Waals surface area contributed by atoms with Crippen LogP contribution in [-0.2, 0) is 19.1 Å². The minimum Gasteiger partial charge on any atom is -0.484 e. The summed E-state index contributed by atoms with van der Waals surface area (Å²) in [6, 6.07) is 11.3. The fourth-order valence-electron chi connectivity index (χ4n) is 2.00. The minimum absolute atomic E-state index is 0.249. The molecule has 0 heterocycles. The number of hydrogen-bond donors (Lipinski definition) is 2. The lowest BCUT2D eigenvalue weighted by atomic mass is 10.2. The van der Waals surface area contributed by atoms with Gasteiger partial charge in [0.25, 0.3) is 11.8 Å². The lowest BCUT2D eigenvalue weighted by Crippen LogP contribution is -2.37. The van der Waals surface area contributed by atoms with Gasteiger partial charge in [-0.2, -0.15) is 0 Å². The molecule has 1 unspecified atom stereocenters. The number of rotatable bonds is 8. The molecule has 7 nitrogen and oxygen atoms in total. The van der Waals surface area contributed by atoms with Gasteiger partial charge in [-0.3, -0.25) is 14.4 Å². The fraction of sp³-hybridized carbons (Fsp3) is 0.211. The first kappa shape index (κ1) is 20.8. The van der Waals surface area contributed by atoms with Gasteiger partial charge in [0.2, 0.25) is 0 Å². The second-order valence-corrected chi connectivity index (χ2v) is 5.62. The van der Waals surface area contributed by atoms with Crippen LogP contribution in [-0.4, -0.2) is 37.0 Å². The van der Waals surface area contributed by atoms with Crippen molar-refractivity contribution in [2.45, 2.75) is 13.0 Å². The molecule has 0 aliphatic carbocycles. The molecule has 2 aromatic carbocycles. The van der Waals surface area contributed by atoms with Crippen molar-refractivity contribution >= 4 is 23.5 Å². The molecule has 148 valence electrons. The quantitative estimate of drug-likeness (QED) is 0.671. The summed E-state index contributed by atoms with van der Waals surface area (Å²) in [6.07, 6.45) is -1.26. The van der Waals surface area contributed by atoms with Gasteiger partial charge in [0, 0.05) is 6.07 Å². The van der Waals surface area contributed by atoms with Crippen LogP contribution >= 0.6 is 0 Å². The third kappa shape index (κ3) is 6.67. The summed E-state index contributed by atoms with van der Waals surface area (Å²) in [5.74, 6) is -3.47. The van der Waals surface area contributed by atoms with Crippen LogP contribution < -0.4 is 15.4 Å². The summed E-state index contributed by atoms with van der Waals surface area (Å²) in [4.78, 5) is 35.3. The highest BCUT2D eigenvalue weighted by molar-refractivity contribution is 5.95. The molecule has 0 aliphatic heterocycles. The number of anilines is 1. The maximum atomic E-state index is 13.5. The Morgan fingerprint density at radius 2 is 1.79 bits per heavy atom. The Bertz CT molecular complexity index is 845. The number of esters is 1. The number of carbonyl (C=O) groups excluding carboxylic acids is 3. The van der Waals surface area contributed by atoms with E-state index in [1.165, 1.54) is 6.92 Å². The van der Waals surface area contributed by atoms with Crippen molar-refractivity contribution in [2.24, 2.45) is 0 Å². The third-order valence-corrected chi connectivity index (χ3v) is 3.41. The number of hydrogen-bond acceptors (Lipinski definition) is 5. The number of benzene rings is 2. The summed E-state index contributed by atoms with van der Waals surface area (Å²) in [7, 11) is 0. The number of ether oxygens (including phenoxy) is 2. The van der Waals surface area contributed by atoms with Gasteiger partial charge in [0.15, 0.2) is 12.7 Å². The van der Waals surface area contributed by atoms with E-state index in [-0.39, 0.29) is 12.3 Å². The molecule has 0 aromatic heterocycles. The number of carbonyl (C=O) groups is 3. The first-order valence-corrected chi connectivity index (χ1v) is 8.25. The van der Waals surface area contributed by atoms with Crippen LogP contribution in [0.25, 0.3) is 0 Å². The maximum absolute atomic E-state index is 13.5. The van der Waals surface area contributed by atoms with Crippen molar-refractivity contribution in [3.8, 4) is 5.75 Å².